The van der Waals surface area contributed by atoms with Gasteiger partial charge in [-0.1, -0.05) is 55.0 Å². The normalized spacial score (nSPS) is 12.4. The summed E-state index contributed by atoms with van der Waals surface area (Å²) in [6.07, 6.45) is 2.15. The van der Waals surface area contributed by atoms with E-state index in [1.807, 2.05) is 0 Å². The highest BCUT2D eigenvalue weighted by Gasteiger charge is 2.23. The van der Waals surface area contributed by atoms with Crippen LogP contribution in [0.2, 0.25) is 0 Å². The molecule has 0 radical (unpaired) electrons. The molecule has 0 heterocycles. The number of esters is 1. The minimum atomic E-state index is -0.847. The fourth-order valence-electron chi connectivity index (χ4n) is 0.720. The number of hydrogen-bond acceptors (Lipinski definition) is 6. The highest BCUT2D eigenvalue weighted by atomic mass is 33.1. The molecule has 0 aliphatic carbocycles. The van der Waals surface area contributed by atoms with E-state index in [1.54, 1.807) is 10.8 Å². The van der Waals surface area contributed by atoms with Crippen LogP contribution in [-0.2, 0) is 14.3 Å². The molecule has 0 saturated carbocycles. The molecule has 0 aromatic rings. The van der Waals surface area contributed by atoms with E-state index in [0.29, 0.717) is 5.75 Å². The van der Waals surface area contributed by atoms with Crippen LogP contribution in [0.1, 0.15) is 20.8 Å². The molecule has 0 fully saturated rings. The first-order valence-corrected chi connectivity index (χ1v) is 7.35. The van der Waals surface area contributed by atoms with Gasteiger partial charge in [-0.15, -0.1) is 0 Å². The van der Waals surface area contributed by atoms with Gasteiger partial charge in [0.1, 0.15) is 6.61 Å². The molecule has 17 heavy (non-hydrogen) atoms. The summed E-state index contributed by atoms with van der Waals surface area (Å²) < 4.78 is 9.60. The van der Waals surface area contributed by atoms with Gasteiger partial charge in [0.25, 0.3) is 6.26 Å². The zero-order valence-electron chi connectivity index (χ0n) is 10.3. The number of carbonyl (C=O) groups excluding carboxylic acids is 1. The van der Waals surface area contributed by atoms with Gasteiger partial charge in [-0.3, -0.25) is 0 Å². The summed E-state index contributed by atoms with van der Waals surface area (Å²) in [6, 6.07) is 0. The zero-order chi connectivity index (χ0) is 13.3. The lowest BCUT2D eigenvalue weighted by molar-refractivity contribution is -0.150. The summed E-state index contributed by atoms with van der Waals surface area (Å²) in [5.41, 5.74) is 0. The smallest absolute Gasteiger partial charge is 0.349 e. The topological polar surface area (TPSA) is 59.3 Å². The first-order chi connectivity index (χ1) is 7.90. The predicted molar refractivity (Wildman–Crippen MR) is 71.4 cm³/mol. The highest BCUT2D eigenvalue weighted by Crippen LogP contribution is 2.35. The van der Waals surface area contributed by atoms with Crippen molar-refractivity contribution in [3.8, 4) is 6.26 Å². The molecule has 0 aliphatic heterocycles. The van der Waals surface area contributed by atoms with Crippen LogP contribution in [0.4, 0.5) is 0 Å². The lowest BCUT2D eigenvalue weighted by Crippen LogP contribution is -2.27. The van der Waals surface area contributed by atoms with Crippen molar-refractivity contribution in [2.45, 2.75) is 31.6 Å². The van der Waals surface area contributed by atoms with E-state index < -0.39 is 12.1 Å². The monoisotopic (exact) mass is 275 g/mol. The lowest BCUT2D eigenvalue weighted by atomic mass is 10.3. The Morgan fingerprint density at radius 3 is 2.71 bits per heavy atom. The molecule has 0 aromatic heterocycles. The minimum absolute atomic E-state index is 0.0902. The van der Waals surface area contributed by atoms with Gasteiger partial charge < -0.3 is 9.47 Å². The largest absolute Gasteiger partial charge is 0.459 e. The Morgan fingerprint density at radius 1 is 1.59 bits per heavy atom. The van der Waals surface area contributed by atoms with Crippen molar-refractivity contribution in [2.75, 3.05) is 12.4 Å². The standard InChI is InChI=1S/C11H17NO3S2/c1-5-6-14-10(13)9(15-8-12)7-16-17-11(2,3)4/h5,9H,1,6-7H2,2-4H3/t9-/m0/s1. The van der Waals surface area contributed by atoms with Crippen molar-refractivity contribution in [1.82, 2.24) is 0 Å². The van der Waals surface area contributed by atoms with Gasteiger partial charge in [-0.05, 0) is 0 Å². The first-order valence-electron chi connectivity index (χ1n) is 5.03. The van der Waals surface area contributed by atoms with Gasteiger partial charge in [0, 0.05) is 4.75 Å². The summed E-state index contributed by atoms with van der Waals surface area (Å²) in [5, 5.41) is 8.45. The van der Waals surface area contributed by atoms with Crippen molar-refractivity contribution in [1.29, 1.82) is 5.26 Å². The van der Waals surface area contributed by atoms with E-state index >= 15 is 0 Å². The fourth-order valence-corrected chi connectivity index (χ4v) is 3.11. The number of hydrogen-bond donors (Lipinski definition) is 0. The zero-order valence-corrected chi connectivity index (χ0v) is 11.9. The molecular weight excluding hydrogens is 258 g/mol. The molecule has 6 heteroatoms. The lowest BCUT2D eigenvalue weighted by Gasteiger charge is -2.18. The van der Waals surface area contributed by atoms with Gasteiger partial charge in [-0.25, -0.2) is 4.79 Å². The maximum absolute atomic E-state index is 11.5. The Kier molecular flexibility index (Phi) is 7.92. The number of nitrogens with zero attached hydrogens (tertiary/aromatic N) is 1. The third kappa shape index (κ3) is 8.95. The number of ether oxygens (including phenoxy) is 2. The average molecular weight is 275 g/mol. The van der Waals surface area contributed by atoms with Crippen LogP contribution in [0, 0.1) is 11.5 Å². The Balaban J connectivity index is 4.10. The Morgan fingerprint density at radius 2 is 2.24 bits per heavy atom. The fraction of sp³-hybridized carbons (Fsp3) is 0.636. The molecule has 0 rings (SSSR count). The molecule has 0 N–H and O–H groups in total. The van der Waals surface area contributed by atoms with E-state index in [2.05, 4.69) is 32.1 Å². The van der Waals surface area contributed by atoms with Gasteiger partial charge >= 0.3 is 5.97 Å². The molecule has 0 bridgehead atoms. The maximum atomic E-state index is 11.5. The molecule has 96 valence electrons. The van der Waals surface area contributed by atoms with E-state index in [-0.39, 0.29) is 11.4 Å². The molecule has 0 unspecified atom stereocenters. The summed E-state index contributed by atoms with van der Waals surface area (Å²) >= 11 is 0. The summed E-state index contributed by atoms with van der Waals surface area (Å²) in [7, 11) is 3.11. The van der Waals surface area contributed by atoms with Crippen molar-refractivity contribution in [2.24, 2.45) is 0 Å². The van der Waals surface area contributed by atoms with Crippen LogP contribution in [0.3, 0.4) is 0 Å². The molecule has 0 spiro atoms. The van der Waals surface area contributed by atoms with Gasteiger partial charge in [0.15, 0.2) is 0 Å². The molecule has 0 aromatic carbocycles. The minimum Gasteiger partial charge on any atom is -0.459 e. The number of nitriles is 1. The number of rotatable bonds is 7. The maximum Gasteiger partial charge on any atom is 0.349 e. The van der Waals surface area contributed by atoms with Gasteiger partial charge in [-0.2, -0.15) is 5.26 Å². The van der Waals surface area contributed by atoms with Crippen molar-refractivity contribution >= 4 is 27.6 Å². The van der Waals surface area contributed by atoms with Crippen LogP contribution in [0.15, 0.2) is 12.7 Å². The van der Waals surface area contributed by atoms with Crippen LogP contribution in [0.5, 0.6) is 0 Å². The summed E-state index contributed by atoms with van der Waals surface area (Å²) in [6.45, 7) is 9.78. The average Bonchev–Trinajstić information content (AvgIpc) is 2.23. The Labute approximate surface area is 110 Å². The Bertz CT molecular complexity index is 294. The first kappa shape index (κ1) is 16.2. The van der Waals surface area contributed by atoms with Crippen molar-refractivity contribution in [3.63, 3.8) is 0 Å². The molecule has 0 aliphatic rings. The van der Waals surface area contributed by atoms with Crippen LogP contribution in [0.25, 0.3) is 0 Å². The van der Waals surface area contributed by atoms with E-state index in [1.165, 1.54) is 23.1 Å². The number of carbonyl (C=O) groups is 1. The predicted octanol–water partition coefficient (Wildman–Crippen LogP) is 2.76. The molecule has 4 nitrogen and oxygen atoms in total. The van der Waals surface area contributed by atoms with Crippen LogP contribution in [-0.4, -0.2) is 29.2 Å². The molecule has 1 atom stereocenters. The van der Waals surface area contributed by atoms with E-state index in [9.17, 15) is 4.79 Å². The third-order valence-electron chi connectivity index (χ3n) is 1.33. The quantitative estimate of drug-likeness (QED) is 0.308. The second kappa shape index (κ2) is 8.31. The van der Waals surface area contributed by atoms with Crippen LogP contribution < -0.4 is 0 Å². The van der Waals surface area contributed by atoms with Gasteiger partial charge in [0.05, 0.1) is 5.75 Å². The third-order valence-corrected chi connectivity index (χ3v) is 4.65. The summed E-state index contributed by atoms with van der Waals surface area (Å²) in [4.78, 5) is 11.5. The Hall–Kier alpha value is -0.800. The van der Waals surface area contributed by atoms with Crippen molar-refractivity contribution in [3.05, 3.63) is 12.7 Å². The molecule has 0 amide bonds. The van der Waals surface area contributed by atoms with E-state index in [4.69, 9.17) is 10.00 Å². The van der Waals surface area contributed by atoms with Gasteiger partial charge in [0.2, 0.25) is 6.10 Å². The van der Waals surface area contributed by atoms with Crippen LogP contribution >= 0.6 is 21.6 Å². The second-order valence-corrected chi connectivity index (χ2v) is 7.26. The SMILES string of the molecule is C=CCOC(=O)[C@H](CSSC(C)(C)C)OC#N. The second-order valence-electron chi connectivity index (χ2n) is 4.10. The van der Waals surface area contributed by atoms with Crippen molar-refractivity contribution < 1.29 is 14.3 Å². The molecule has 0 saturated heterocycles. The summed E-state index contributed by atoms with van der Waals surface area (Å²) in [5.74, 6) is -0.153. The highest BCUT2D eigenvalue weighted by molar-refractivity contribution is 8.77. The van der Waals surface area contributed by atoms with E-state index in [0.717, 1.165) is 0 Å². The molecular formula is C11H17NO3S2.